The monoisotopic (exact) mass is 236 g/mol. The van der Waals surface area contributed by atoms with Gasteiger partial charge in [-0.15, -0.1) is 12.4 Å². The van der Waals surface area contributed by atoms with E-state index in [0.29, 0.717) is 6.54 Å². The number of hydrogen-bond donors (Lipinski definition) is 2. The van der Waals surface area contributed by atoms with Gasteiger partial charge in [-0.2, -0.15) is 0 Å². The van der Waals surface area contributed by atoms with E-state index in [1.54, 1.807) is 0 Å². The number of ether oxygens (including phenoxy) is 1. The van der Waals surface area contributed by atoms with Gasteiger partial charge in [-0.3, -0.25) is 4.79 Å². The molecule has 1 aliphatic rings. The van der Waals surface area contributed by atoms with Crippen molar-refractivity contribution in [1.82, 2.24) is 5.32 Å². The Morgan fingerprint density at radius 1 is 1.60 bits per heavy atom. The van der Waals surface area contributed by atoms with Crippen molar-refractivity contribution in [3.8, 4) is 0 Å². The predicted molar refractivity (Wildman–Crippen MR) is 62.1 cm³/mol. The standard InChI is InChI=1S/C10H20N2O2.ClH/c1-3-8-4-5-9(14-8)10(13)12-7(2)6-11;/h7-9H,3-6,11H2,1-2H3,(H,12,13);1H/t7-,8?,9?;/m0./s1. The minimum Gasteiger partial charge on any atom is -0.365 e. The molecule has 5 heteroatoms. The number of nitrogens with one attached hydrogen (secondary N) is 1. The Kier molecular flexibility index (Phi) is 6.89. The van der Waals surface area contributed by atoms with Gasteiger partial charge in [-0.1, -0.05) is 6.92 Å². The molecule has 3 N–H and O–H groups in total. The third-order valence-electron chi connectivity index (χ3n) is 2.60. The third-order valence-corrected chi connectivity index (χ3v) is 2.60. The zero-order valence-corrected chi connectivity index (χ0v) is 10.2. The van der Waals surface area contributed by atoms with Crippen molar-refractivity contribution < 1.29 is 9.53 Å². The first-order valence-electron chi connectivity index (χ1n) is 5.33. The quantitative estimate of drug-likeness (QED) is 0.760. The van der Waals surface area contributed by atoms with E-state index < -0.39 is 0 Å². The van der Waals surface area contributed by atoms with Gasteiger partial charge in [0, 0.05) is 12.6 Å². The van der Waals surface area contributed by atoms with E-state index in [1.165, 1.54) is 0 Å². The van der Waals surface area contributed by atoms with Crippen LogP contribution < -0.4 is 11.1 Å². The molecule has 1 fully saturated rings. The molecule has 1 rings (SSSR count). The molecule has 0 bridgehead atoms. The number of nitrogens with two attached hydrogens (primary N) is 1. The SMILES string of the molecule is CCC1CCC(C(=O)N[C@@H](C)CN)O1.Cl. The summed E-state index contributed by atoms with van der Waals surface area (Å²) in [4.78, 5) is 11.6. The number of rotatable bonds is 4. The van der Waals surface area contributed by atoms with Crippen molar-refractivity contribution in [2.24, 2.45) is 5.73 Å². The summed E-state index contributed by atoms with van der Waals surface area (Å²) in [5, 5.41) is 2.83. The number of halogens is 1. The molecule has 0 aromatic carbocycles. The lowest BCUT2D eigenvalue weighted by Gasteiger charge is -2.16. The Balaban J connectivity index is 0.00000196. The van der Waals surface area contributed by atoms with Crippen molar-refractivity contribution in [1.29, 1.82) is 0 Å². The van der Waals surface area contributed by atoms with Gasteiger partial charge >= 0.3 is 0 Å². The van der Waals surface area contributed by atoms with Crippen LogP contribution in [0.4, 0.5) is 0 Å². The average Bonchev–Trinajstić information content (AvgIpc) is 2.65. The van der Waals surface area contributed by atoms with Gasteiger partial charge in [0.1, 0.15) is 6.10 Å². The van der Waals surface area contributed by atoms with E-state index >= 15 is 0 Å². The van der Waals surface area contributed by atoms with E-state index in [1.807, 2.05) is 6.92 Å². The summed E-state index contributed by atoms with van der Waals surface area (Å²) in [5.41, 5.74) is 5.42. The van der Waals surface area contributed by atoms with Gasteiger partial charge < -0.3 is 15.8 Å². The molecule has 4 nitrogen and oxygen atoms in total. The molecule has 0 saturated carbocycles. The van der Waals surface area contributed by atoms with Crippen LogP contribution >= 0.6 is 12.4 Å². The molecule has 2 unspecified atom stereocenters. The smallest absolute Gasteiger partial charge is 0.249 e. The summed E-state index contributed by atoms with van der Waals surface area (Å²) < 4.78 is 5.56. The maximum atomic E-state index is 11.6. The highest BCUT2D eigenvalue weighted by Crippen LogP contribution is 2.21. The van der Waals surface area contributed by atoms with Gasteiger partial charge in [0.2, 0.25) is 5.91 Å². The summed E-state index contributed by atoms with van der Waals surface area (Å²) in [7, 11) is 0. The maximum Gasteiger partial charge on any atom is 0.249 e. The molecule has 1 heterocycles. The Morgan fingerprint density at radius 2 is 2.27 bits per heavy atom. The van der Waals surface area contributed by atoms with Crippen LogP contribution in [-0.4, -0.2) is 30.7 Å². The number of carbonyl (C=O) groups is 1. The fourth-order valence-corrected chi connectivity index (χ4v) is 1.59. The lowest BCUT2D eigenvalue weighted by atomic mass is 10.1. The molecular weight excluding hydrogens is 216 g/mol. The van der Waals surface area contributed by atoms with Crippen molar-refractivity contribution in [3.05, 3.63) is 0 Å². The van der Waals surface area contributed by atoms with Crippen LogP contribution in [0.15, 0.2) is 0 Å². The summed E-state index contributed by atoms with van der Waals surface area (Å²) in [6, 6.07) is 0.0341. The molecule has 90 valence electrons. The summed E-state index contributed by atoms with van der Waals surface area (Å²) in [6.45, 7) is 4.44. The van der Waals surface area contributed by atoms with Gasteiger partial charge in [0.15, 0.2) is 0 Å². The molecule has 0 spiro atoms. The van der Waals surface area contributed by atoms with Gasteiger partial charge in [0.05, 0.1) is 6.10 Å². The van der Waals surface area contributed by atoms with E-state index in [4.69, 9.17) is 10.5 Å². The molecule has 3 atom stereocenters. The first-order valence-corrected chi connectivity index (χ1v) is 5.33. The number of hydrogen-bond acceptors (Lipinski definition) is 3. The second kappa shape index (κ2) is 7.04. The van der Waals surface area contributed by atoms with Crippen molar-refractivity contribution >= 4 is 18.3 Å². The highest BCUT2D eigenvalue weighted by molar-refractivity contribution is 5.85. The topological polar surface area (TPSA) is 64.4 Å². The molecule has 15 heavy (non-hydrogen) atoms. The Hall–Kier alpha value is -0.320. The maximum absolute atomic E-state index is 11.6. The van der Waals surface area contributed by atoms with E-state index in [0.717, 1.165) is 19.3 Å². The van der Waals surface area contributed by atoms with Crippen LogP contribution in [0.5, 0.6) is 0 Å². The van der Waals surface area contributed by atoms with Gasteiger partial charge in [-0.05, 0) is 26.2 Å². The first-order chi connectivity index (χ1) is 6.67. The minimum atomic E-state index is -0.256. The summed E-state index contributed by atoms with van der Waals surface area (Å²) in [6.07, 6.45) is 2.82. The van der Waals surface area contributed by atoms with Crippen LogP contribution in [0.25, 0.3) is 0 Å². The van der Waals surface area contributed by atoms with Crippen molar-refractivity contribution in [3.63, 3.8) is 0 Å². The zero-order chi connectivity index (χ0) is 10.6. The van der Waals surface area contributed by atoms with E-state index in [9.17, 15) is 4.79 Å². The van der Waals surface area contributed by atoms with E-state index in [-0.39, 0.29) is 36.6 Å². The van der Waals surface area contributed by atoms with Crippen LogP contribution in [0, 0.1) is 0 Å². The lowest BCUT2D eigenvalue weighted by molar-refractivity contribution is -0.132. The van der Waals surface area contributed by atoms with Crippen LogP contribution in [0.2, 0.25) is 0 Å². The molecule has 0 aliphatic carbocycles. The molecule has 1 saturated heterocycles. The normalized spacial score (nSPS) is 26.9. The highest BCUT2D eigenvalue weighted by Gasteiger charge is 2.29. The largest absolute Gasteiger partial charge is 0.365 e. The van der Waals surface area contributed by atoms with Crippen LogP contribution in [0.3, 0.4) is 0 Å². The summed E-state index contributed by atoms with van der Waals surface area (Å²) >= 11 is 0. The first kappa shape index (κ1) is 14.7. The zero-order valence-electron chi connectivity index (χ0n) is 9.36. The average molecular weight is 237 g/mol. The molecular formula is C10H21ClN2O2. The number of carbonyl (C=O) groups excluding carboxylic acids is 1. The lowest BCUT2D eigenvalue weighted by Crippen LogP contribution is -2.43. The fourth-order valence-electron chi connectivity index (χ4n) is 1.59. The second-order valence-electron chi connectivity index (χ2n) is 3.88. The molecule has 0 aromatic heterocycles. The Morgan fingerprint density at radius 3 is 2.73 bits per heavy atom. The second-order valence-corrected chi connectivity index (χ2v) is 3.88. The Labute approximate surface area is 97.3 Å². The van der Waals surface area contributed by atoms with Gasteiger partial charge in [-0.25, -0.2) is 0 Å². The van der Waals surface area contributed by atoms with Crippen LogP contribution in [0.1, 0.15) is 33.1 Å². The Bertz CT molecular complexity index is 202. The number of amides is 1. The summed E-state index contributed by atoms with van der Waals surface area (Å²) in [5.74, 6) is -0.0149. The third kappa shape index (κ3) is 4.36. The van der Waals surface area contributed by atoms with Crippen molar-refractivity contribution in [2.75, 3.05) is 6.54 Å². The molecule has 1 aliphatic heterocycles. The molecule has 0 aromatic rings. The molecule has 0 radical (unpaired) electrons. The highest BCUT2D eigenvalue weighted by atomic mass is 35.5. The van der Waals surface area contributed by atoms with Crippen molar-refractivity contribution in [2.45, 2.75) is 51.4 Å². The minimum absolute atomic E-state index is 0. The molecule has 1 amide bonds. The predicted octanol–water partition coefficient (Wildman–Crippen LogP) is 0.829. The van der Waals surface area contributed by atoms with E-state index in [2.05, 4.69) is 12.2 Å². The van der Waals surface area contributed by atoms with Gasteiger partial charge in [0.25, 0.3) is 0 Å². The fraction of sp³-hybridized carbons (Fsp3) is 0.900. The van der Waals surface area contributed by atoms with Crippen LogP contribution in [-0.2, 0) is 9.53 Å².